The normalized spacial score (nSPS) is 30.6. The first-order chi connectivity index (χ1) is 22.1. The summed E-state index contributed by atoms with van der Waals surface area (Å²) in [4.78, 5) is 28.7. The number of fused-ring (bicyclic) bond motifs is 3. The van der Waals surface area contributed by atoms with Crippen LogP contribution in [0.5, 0.6) is 0 Å². The third kappa shape index (κ3) is 4.62. The lowest BCUT2D eigenvalue weighted by atomic mass is 9.73. The third-order valence-corrected chi connectivity index (χ3v) is 9.43. The predicted octanol–water partition coefficient (Wildman–Crippen LogP) is 4.60. The highest BCUT2D eigenvalue weighted by molar-refractivity contribution is 6.03. The maximum Gasteiger partial charge on any atom is 0.308 e. The van der Waals surface area contributed by atoms with Gasteiger partial charge in [0.25, 0.3) is 5.91 Å². The highest BCUT2D eigenvalue weighted by Gasteiger charge is 2.99. The number of benzene rings is 3. The summed E-state index contributed by atoms with van der Waals surface area (Å²) in [6.45, 7) is 7.45. The summed E-state index contributed by atoms with van der Waals surface area (Å²) in [5, 5.41) is 26.9. The van der Waals surface area contributed by atoms with Crippen LogP contribution in [0, 0.1) is 11.7 Å². The summed E-state index contributed by atoms with van der Waals surface area (Å²) in [7, 11) is 0. The fourth-order valence-electron chi connectivity index (χ4n) is 7.54. The molecule has 3 heterocycles. The Bertz CT molecular complexity index is 1590. The summed E-state index contributed by atoms with van der Waals surface area (Å²) in [5.74, 6) is -2.15. The van der Waals surface area contributed by atoms with Crippen LogP contribution in [0.4, 0.5) is 10.1 Å². The summed E-state index contributed by atoms with van der Waals surface area (Å²) in [6.07, 6.45) is -0.113. The molecule has 0 radical (unpaired) electrons. The molecule has 6 atom stereocenters. The van der Waals surface area contributed by atoms with Gasteiger partial charge in [0.15, 0.2) is 17.1 Å². The second-order valence-corrected chi connectivity index (χ2v) is 12.4. The van der Waals surface area contributed by atoms with E-state index in [1.54, 1.807) is 41.3 Å². The number of halogens is 1. The van der Waals surface area contributed by atoms with E-state index in [0.29, 0.717) is 23.2 Å². The van der Waals surface area contributed by atoms with E-state index in [1.165, 1.54) is 18.2 Å². The molecule has 3 fully saturated rings. The summed E-state index contributed by atoms with van der Waals surface area (Å²) in [6, 6.07) is 23.8. The molecule has 3 aromatic rings. The van der Waals surface area contributed by atoms with Crippen LogP contribution >= 0.6 is 0 Å². The van der Waals surface area contributed by atoms with Crippen molar-refractivity contribution in [1.82, 2.24) is 4.90 Å². The number of aliphatic hydroxyl groups is 2. The number of ether oxygens (including phenoxy) is 3. The monoisotopic (exact) mass is 630 g/mol. The van der Waals surface area contributed by atoms with Crippen LogP contribution < -0.4 is 5.32 Å². The lowest BCUT2D eigenvalue weighted by Crippen LogP contribution is -2.68. The van der Waals surface area contributed by atoms with E-state index in [2.05, 4.69) is 11.9 Å². The Hall–Kier alpha value is -3.93. The number of epoxide rings is 1. The van der Waals surface area contributed by atoms with E-state index >= 15 is 0 Å². The molecule has 46 heavy (non-hydrogen) atoms. The quantitative estimate of drug-likeness (QED) is 0.160. The van der Waals surface area contributed by atoms with Gasteiger partial charge in [0.2, 0.25) is 5.60 Å². The molecule has 10 heteroatoms. The zero-order chi connectivity index (χ0) is 32.7. The highest BCUT2D eigenvalue weighted by Crippen LogP contribution is 2.79. The first-order valence-electron chi connectivity index (χ1n) is 15.6. The van der Waals surface area contributed by atoms with E-state index in [0.717, 1.165) is 0 Å². The molecule has 242 valence electrons. The van der Waals surface area contributed by atoms with Crippen molar-refractivity contribution in [2.75, 3.05) is 18.5 Å². The van der Waals surface area contributed by atoms with Gasteiger partial charge in [-0.2, -0.15) is 0 Å². The van der Waals surface area contributed by atoms with Crippen molar-refractivity contribution in [1.29, 1.82) is 0 Å². The molecular formula is C36H39FN2O7. The van der Waals surface area contributed by atoms with Crippen molar-refractivity contribution >= 4 is 17.6 Å². The second kappa shape index (κ2) is 12.0. The molecule has 3 saturated heterocycles. The largest absolute Gasteiger partial charge is 0.461 e. The lowest BCUT2D eigenvalue weighted by Gasteiger charge is -2.54. The number of nitrogens with one attached hydrogen (secondary N) is 1. The smallest absolute Gasteiger partial charge is 0.308 e. The van der Waals surface area contributed by atoms with Gasteiger partial charge in [0, 0.05) is 24.2 Å². The van der Waals surface area contributed by atoms with Crippen LogP contribution in [0.2, 0.25) is 0 Å². The number of carbonyl (C=O) groups is 2. The van der Waals surface area contributed by atoms with Gasteiger partial charge in [-0.3, -0.25) is 9.59 Å². The summed E-state index contributed by atoms with van der Waals surface area (Å²) >= 11 is 0. The van der Waals surface area contributed by atoms with Crippen molar-refractivity contribution in [3.8, 4) is 0 Å². The number of rotatable bonds is 11. The van der Waals surface area contributed by atoms with Crippen molar-refractivity contribution in [3.05, 3.63) is 115 Å². The van der Waals surface area contributed by atoms with Crippen LogP contribution in [-0.2, 0) is 35.1 Å². The molecule has 3 aliphatic heterocycles. The fraction of sp³-hybridized carbons (Fsp3) is 0.389. The van der Waals surface area contributed by atoms with Gasteiger partial charge < -0.3 is 29.7 Å². The SMILES string of the molecule is C=CCOC(=O)CC(O)CC1CCN2C(c3ccc(F)cc3)(O1)C1(c3ccccc3)OC1(C(=O)Nc1ccccc1)C2(O)C(C)C. The molecule has 3 aliphatic rings. The highest BCUT2D eigenvalue weighted by atomic mass is 19.1. The summed E-state index contributed by atoms with van der Waals surface area (Å²) < 4.78 is 33.3. The Balaban J connectivity index is 1.51. The average Bonchev–Trinajstić information content (AvgIpc) is 3.74. The number of amides is 1. The summed E-state index contributed by atoms with van der Waals surface area (Å²) in [5.41, 5.74) is -5.47. The molecule has 0 aliphatic carbocycles. The maximum absolute atomic E-state index is 14.7. The van der Waals surface area contributed by atoms with Crippen LogP contribution in [0.3, 0.4) is 0 Å². The Morgan fingerprint density at radius 2 is 1.72 bits per heavy atom. The zero-order valence-corrected chi connectivity index (χ0v) is 25.9. The minimum absolute atomic E-state index is 0.0337. The van der Waals surface area contributed by atoms with Crippen molar-refractivity contribution in [2.24, 2.45) is 5.92 Å². The minimum atomic E-state index is -1.91. The lowest BCUT2D eigenvalue weighted by molar-refractivity contribution is -0.326. The van der Waals surface area contributed by atoms with Crippen molar-refractivity contribution < 1.29 is 38.4 Å². The number of hydrogen-bond donors (Lipinski definition) is 3. The van der Waals surface area contributed by atoms with Crippen LogP contribution in [0.15, 0.2) is 97.6 Å². The number of esters is 1. The van der Waals surface area contributed by atoms with Crippen molar-refractivity contribution in [2.45, 2.75) is 68.0 Å². The molecule has 3 aromatic carbocycles. The average molecular weight is 631 g/mol. The topological polar surface area (TPSA) is 121 Å². The molecule has 1 amide bonds. The number of nitrogens with zero attached hydrogens (tertiary/aromatic N) is 1. The molecule has 0 bridgehead atoms. The molecular weight excluding hydrogens is 591 g/mol. The number of morpholine rings is 1. The zero-order valence-electron chi connectivity index (χ0n) is 25.9. The van der Waals surface area contributed by atoms with Gasteiger partial charge in [-0.15, -0.1) is 0 Å². The first kappa shape index (κ1) is 32.0. The van der Waals surface area contributed by atoms with E-state index < -0.39 is 58.5 Å². The maximum atomic E-state index is 14.7. The Morgan fingerprint density at radius 3 is 2.35 bits per heavy atom. The molecule has 6 unspecified atom stereocenters. The Labute approximate surface area is 267 Å². The van der Waals surface area contributed by atoms with Gasteiger partial charge >= 0.3 is 5.97 Å². The van der Waals surface area contributed by atoms with Crippen LogP contribution in [-0.4, -0.2) is 63.7 Å². The Kier molecular flexibility index (Phi) is 8.37. The second-order valence-electron chi connectivity index (χ2n) is 12.4. The number of para-hydroxylation sites is 1. The van der Waals surface area contributed by atoms with E-state index in [1.807, 2.05) is 50.2 Å². The minimum Gasteiger partial charge on any atom is -0.461 e. The predicted molar refractivity (Wildman–Crippen MR) is 167 cm³/mol. The number of anilines is 1. The molecule has 0 aromatic heterocycles. The van der Waals surface area contributed by atoms with Crippen LogP contribution in [0.25, 0.3) is 0 Å². The molecule has 0 saturated carbocycles. The molecule has 9 nitrogen and oxygen atoms in total. The van der Waals surface area contributed by atoms with Crippen LogP contribution in [0.1, 0.15) is 44.2 Å². The number of hydrogen-bond acceptors (Lipinski definition) is 8. The molecule has 0 spiro atoms. The standard InChI is InChI=1S/C36H39FN2O7/c1-4-21-44-31(41)23-29(40)22-30-19-20-39-35(43,24(2)3)34(32(42)38-28-13-9-6-10-14-28)33(46-34,25-11-7-5-8-12-25)36(39,45-30)26-15-17-27(37)18-16-26/h4-18,24,29-30,40,43H,1,19-23H2,2-3H3,(H,38,42). The van der Waals surface area contributed by atoms with Gasteiger partial charge in [-0.25, -0.2) is 9.29 Å². The van der Waals surface area contributed by atoms with E-state index in [-0.39, 0.29) is 26.0 Å². The molecule has 3 N–H and O–H groups in total. The van der Waals surface area contributed by atoms with E-state index in [4.69, 9.17) is 14.2 Å². The first-order valence-corrected chi connectivity index (χ1v) is 15.6. The van der Waals surface area contributed by atoms with Gasteiger partial charge in [-0.05, 0) is 42.2 Å². The molecule has 6 rings (SSSR count). The van der Waals surface area contributed by atoms with Gasteiger partial charge in [0.1, 0.15) is 12.4 Å². The van der Waals surface area contributed by atoms with E-state index in [9.17, 15) is 24.2 Å². The third-order valence-electron chi connectivity index (χ3n) is 9.43. The van der Waals surface area contributed by atoms with Crippen molar-refractivity contribution in [3.63, 3.8) is 0 Å². The number of carbonyl (C=O) groups excluding carboxylic acids is 2. The Morgan fingerprint density at radius 1 is 1.07 bits per heavy atom. The number of aliphatic hydroxyl groups excluding tert-OH is 1. The fourth-order valence-corrected chi connectivity index (χ4v) is 7.54. The van der Waals surface area contributed by atoms with Gasteiger partial charge in [-0.1, -0.05) is 87.2 Å². The van der Waals surface area contributed by atoms with Gasteiger partial charge in [0.05, 0.1) is 18.6 Å².